The number of hydrogen-bond acceptors (Lipinski definition) is 3. The number of amides is 2. The third kappa shape index (κ3) is 2.79. The second kappa shape index (κ2) is 6.47. The molecular weight excluding hydrogens is 304 g/mol. The number of rotatable bonds is 3. The van der Waals surface area contributed by atoms with E-state index in [0.29, 0.717) is 18.7 Å². The maximum Gasteiger partial charge on any atom is 0.275 e. The van der Waals surface area contributed by atoms with Crippen LogP contribution in [0.3, 0.4) is 0 Å². The predicted octanol–water partition coefficient (Wildman–Crippen LogP) is 2.43. The molecule has 1 saturated heterocycles. The molecule has 0 spiro atoms. The number of para-hydroxylation sites is 1. The number of nitrogens with zero attached hydrogens (tertiary/aromatic N) is 4. The number of hydrogen-bond donors (Lipinski definition) is 0. The molecule has 1 aliphatic rings. The molecule has 0 aliphatic carbocycles. The lowest BCUT2D eigenvalue weighted by Crippen LogP contribution is -2.46. The molecule has 0 saturated carbocycles. The summed E-state index contributed by atoms with van der Waals surface area (Å²) in [5.74, 6) is -0.318. The maximum absolute atomic E-state index is 12.9. The molecule has 1 aromatic heterocycles. The minimum absolute atomic E-state index is 0.0195. The van der Waals surface area contributed by atoms with Crippen LogP contribution in [0.5, 0.6) is 0 Å². The van der Waals surface area contributed by atoms with Crippen LogP contribution in [0, 0.1) is 12.8 Å². The Labute approximate surface area is 141 Å². The van der Waals surface area contributed by atoms with Gasteiger partial charge in [-0.2, -0.15) is 5.10 Å². The lowest BCUT2D eigenvalue weighted by Gasteiger charge is -2.29. The van der Waals surface area contributed by atoms with Crippen molar-refractivity contribution in [1.29, 1.82) is 0 Å². The van der Waals surface area contributed by atoms with E-state index in [0.717, 1.165) is 17.8 Å². The van der Waals surface area contributed by atoms with Crippen molar-refractivity contribution in [3.8, 4) is 5.69 Å². The minimum Gasteiger partial charge on any atom is -0.273 e. The van der Waals surface area contributed by atoms with Gasteiger partial charge in [-0.3, -0.25) is 14.6 Å². The van der Waals surface area contributed by atoms with E-state index < -0.39 is 0 Å². The number of carbonyl (C=O) groups excluding carboxylic acids is 2. The van der Waals surface area contributed by atoms with Crippen molar-refractivity contribution in [2.24, 2.45) is 5.92 Å². The molecule has 1 fully saturated rings. The van der Waals surface area contributed by atoms with E-state index in [4.69, 9.17) is 0 Å². The van der Waals surface area contributed by atoms with Crippen LogP contribution in [-0.4, -0.2) is 44.7 Å². The highest BCUT2D eigenvalue weighted by atomic mass is 16.2. The van der Waals surface area contributed by atoms with Gasteiger partial charge in [-0.25, -0.2) is 9.69 Å². The lowest BCUT2D eigenvalue weighted by atomic mass is 10.2. The number of aromatic nitrogens is 2. The summed E-state index contributed by atoms with van der Waals surface area (Å²) in [6, 6.07) is 9.69. The van der Waals surface area contributed by atoms with E-state index in [2.05, 4.69) is 5.10 Å². The van der Waals surface area contributed by atoms with Gasteiger partial charge in [0.25, 0.3) is 5.91 Å². The molecule has 24 heavy (non-hydrogen) atoms. The van der Waals surface area contributed by atoms with Crippen LogP contribution in [0.4, 0.5) is 0 Å². The van der Waals surface area contributed by atoms with Crippen molar-refractivity contribution in [1.82, 2.24) is 19.8 Å². The molecule has 1 aromatic carbocycles. The molecule has 6 nitrogen and oxygen atoms in total. The van der Waals surface area contributed by atoms with Crippen molar-refractivity contribution < 1.29 is 9.59 Å². The molecule has 1 aliphatic heterocycles. The van der Waals surface area contributed by atoms with Gasteiger partial charge in [-0.1, -0.05) is 32.0 Å². The highest BCUT2D eigenvalue weighted by Gasteiger charge is 2.33. The van der Waals surface area contributed by atoms with Crippen LogP contribution in [0.25, 0.3) is 5.69 Å². The predicted molar refractivity (Wildman–Crippen MR) is 90.5 cm³/mol. The Bertz CT molecular complexity index is 752. The third-order valence-corrected chi connectivity index (χ3v) is 4.25. The van der Waals surface area contributed by atoms with Gasteiger partial charge in [0.15, 0.2) is 0 Å². The smallest absolute Gasteiger partial charge is 0.273 e. The van der Waals surface area contributed by atoms with Crippen molar-refractivity contribution >= 4 is 11.8 Å². The Kier molecular flexibility index (Phi) is 4.38. The fourth-order valence-electron chi connectivity index (χ4n) is 2.94. The average molecular weight is 326 g/mol. The van der Waals surface area contributed by atoms with Crippen molar-refractivity contribution in [2.75, 3.05) is 13.1 Å². The SMILES string of the molecule is Cc1c(C(=O)N2CCCN2C(=O)C(C)C)cnn1-c1ccccc1. The van der Waals surface area contributed by atoms with Crippen molar-refractivity contribution in [2.45, 2.75) is 27.2 Å². The molecule has 126 valence electrons. The zero-order valence-electron chi connectivity index (χ0n) is 14.3. The van der Waals surface area contributed by atoms with E-state index in [1.807, 2.05) is 51.1 Å². The molecule has 6 heteroatoms. The quantitative estimate of drug-likeness (QED) is 0.870. The average Bonchev–Trinajstić information content (AvgIpc) is 3.21. The molecule has 2 amide bonds. The first-order chi connectivity index (χ1) is 11.5. The molecule has 2 heterocycles. The monoisotopic (exact) mass is 326 g/mol. The summed E-state index contributed by atoms with van der Waals surface area (Å²) in [6.07, 6.45) is 2.39. The summed E-state index contributed by atoms with van der Waals surface area (Å²) in [7, 11) is 0. The van der Waals surface area contributed by atoms with Gasteiger partial charge < -0.3 is 0 Å². The Morgan fingerprint density at radius 1 is 1.08 bits per heavy atom. The number of carbonyl (C=O) groups is 2. The van der Waals surface area contributed by atoms with E-state index in [1.54, 1.807) is 20.9 Å². The van der Waals surface area contributed by atoms with Crippen molar-refractivity contribution in [3.05, 3.63) is 47.8 Å². The second-order valence-electron chi connectivity index (χ2n) is 6.29. The molecular formula is C18H22N4O2. The first-order valence-corrected chi connectivity index (χ1v) is 8.24. The number of benzene rings is 1. The highest BCUT2D eigenvalue weighted by Crippen LogP contribution is 2.21. The van der Waals surface area contributed by atoms with Gasteiger partial charge in [0, 0.05) is 19.0 Å². The van der Waals surface area contributed by atoms with E-state index >= 15 is 0 Å². The van der Waals surface area contributed by atoms with Crippen LogP contribution < -0.4 is 0 Å². The summed E-state index contributed by atoms with van der Waals surface area (Å²) in [5.41, 5.74) is 2.21. The van der Waals surface area contributed by atoms with E-state index in [-0.39, 0.29) is 17.7 Å². The normalized spacial score (nSPS) is 14.5. The molecule has 0 radical (unpaired) electrons. The fraction of sp³-hybridized carbons (Fsp3) is 0.389. The van der Waals surface area contributed by atoms with Crippen LogP contribution >= 0.6 is 0 Å². The molecule has 0 unspecified atom stereocenters. The summed E-state index contributed by atoms with van der Waals surface area (Å²) in [4.78, 5) is 25.2. The fourth-order valence-corrected chi connectivity index (χ4v) is 2.94. The van der Waals surface area contributed by atoms with Crippen LogP contribution in [0.15, 0.2) is 36.5 Å². The largest absolute Gasteiger partial charge is 0.275 e. The van der Waals surface area contributed by atoms with Gasteiger partial charge >= 0.3 is 0 Å². The highest BCUT2D eigenvalue weighted by molar-refractivity contribution is 5.96. The Morgan fingerprint density at radius 3 is 2.42 bits per heavy atom. The van der Waals surface area contributed by atoms with Crippen LogP contribution in [-0.2, 0) is 4.79 Å². The first kappa shape index (κ1) is 16.2. The zero-order valence-corrected chi connectivity index (χ0v) is 14.3. The van der Waals surface area contributed by atoms with Crippen molar-refractivity contribution in [3.63, 3.8) is 0 Å². The number of hydrazine groups is 1. The summed E-state index contributed by atoms with van der Waals surface area (Å²) >= 11 is 0. The minimum atomic E-state index is -0.166. The summed E-state index contributed by atoms with van der Waals surface area (Å²) < 4.78 is 1.75. The third-order valence-electron chi connectivity index (χ3n) is 4.25. The van der Waals surface area contributed by atoms with Crippen LogP contribution in [0.1, 0.15) is 36.3 Å². The van der Waals surface area contributed by atoms with Gasteiger partial charge in [0.2, 0.25) is 5.91 Å². The molecule has 0 atom stereocenters. The van der Waals surface area contributed by atoms with E-state index in [1.165, 1.54) is 0 Å². The van der Waals surface area contributed by atoms with Crippen LogP contribution in [0.2, 0.25) is 0 Å². The van der Waals surface area contributed by atoms with Gasteiger partial charge in [-0.05, 0) is 25.5 Å². The summed E-state index contributed by atoms with van der Waals surface area (Å²) in [5, 5.41) is 7.48. The Morgan fingerprint density at radius 2 is 1.75 bits per heavy atom. The Hall–Kier alpha value is -2.63. The standard InChI is InChI=1S/C18H22N4O2/c1-13(2)17(23)20-10-7-11-21(20)18(24)16-12-19-22(14(16)3)15-8-5-4-6-9-15/h4-6,8-9,12-13H,7,10-11H2,1-3H3. The molecule has 2 aromatic rings. The van der Waals surface area contributed by atoms with Gasteiger partial charge in [0.1, 0.15) is 0 Å². The first-order valence-electron chi connectivity index (χ1n) is 8.24. The summed E-state index contributed by atoms with van der Waals surface area (Å²) in [6.45, 7) is 6.73. The zero-order chi connectivity index (χ0) is 17.3. The molecule has 0 bridgehead atoms. The topological polar surface area (TPSA) is 58.4 Å². The Balaban J connectivity index is 1.88. The van der Waals surface area contributed by atoms with Gasteiger partial charge in [0.05, 0.1) is 23.1 Å². The van der Waals surface area contributed by atoms with E-state index in [9.17, 15) is 9.59 Å². The maximum atomic E-state index is 12.9. The molecule has 0 N–H and O–H groups in total. The molecule has 3 rings (SSSR count). The lowest BCUT2D eigenvalue weighted by molar-refractivity contribution is -0.143. The van der Waals surface area contributed by atoms with Gasteiger partial charge in [-0.15, -0.1) is 0 Å². The second-order valence-corrected chi connectivity index (χ2v) is 6.29.